The van der Waals surface area contributed by atoms with E-state index in [1.807, 2.05) is 68.6 Å². The van der Waals surface area contributed by atoms with Crippen molar-refractivity contribution in [2.24, 2.45) is 0 Å². The summed E-state index contributed by atoms with van der Waals surface area (Å²) < 4.78 is 6.02. The van der Waals surface area contributed by atoms with Crippen molar-refractivity contribution < 1.29 is 14.3 Å². The van der Waals surface area contributed by atoms with E-state index in [1.165, 1.54) is 11.9 Å². The topological polar surface area (TPSA) is 62.4 Å². The van der Waals surface area contributed by atoms with Crippen LogP contribution in [0.2, 0.25) is 0 Å². The first kappa shape index (κ1) is 18.7. The first-order valence-corrected chi connectivity index (χ1v) is 9.22. The van der Waals surface area contributed by atoms with Gasteiger partial charge in [0.15, 0.2) is 0 Å². The zero-order chi connectivity index (χ0) is 19.4. The molecule has 5 nitrogen and oxygen atoms in total. The maximum atomic E-state index is 12.4. The van der Waals surface area contributed by atoms with Crippen molar-refractivity contribution in [3.05, 3.63) is 65.9 Å². The molecule has 0 aliphatic carbocycles. The van der Waals surface area contributed by atoms with Gasteiger partial charge in [-0.1, -0.05) is 50.2 Å². The second kappa shape index (κ2) is 8.08. The van der Waals surface area contributed by atoms with E-state index >= 15 is 0 Å². The number of hydrogen-bond acceptors (Lipinski definition) is 3. The van der Waals surface area contributed by atoms with Gasteiger partial charge in [-0.05, 0) is 23.3 Å². The quantitative estimate of drug-likeness (QED) is 0.704. The lowest BCUT2D eigenvalue weighted by molar-refractivity contribution is -0.137. The summed E-state index contributed by atoms with van der Waals surface area (Å²) in [5.74, 6) is -0.0454. The molecule has 0 saturated carbocycles. The molecule has 1 aliphatic heterocycles. The SMILES string of the molecule is CC.CN1C(=O)CC(c2c[nH]c3cccc(OCc4ccccc4)c23)C1=O. The molecule has 1 unspecified atom stereocenters. The average molecular weight is 364 g/mol. The number of imide groups is 1. The average Bonchev–Trinajstić information content (AvgIpc) is 3.25. The fourth-order valence-corrected chi connectivity index (χ4v) is 3.31. The number of carbonyl (C=O) groups excluding carboxylic acids is 2. The highest BCUT2D eigenvalue weighted by Crippen LogP contribution is 2.38. The van der Waals surface area contributed by atoms with E-state index in [9.17, 15) is 9.59 Å². The number of aromatic amines is 1. The normalized spacial score (nSPS) is 16.4. The Hall–Kier alpha value is -3.08. The smallest absolute Gasteiger partial charge is 0.237 e. The molecule has 5 heteroatoms. The Balaban J connectivity index is 0.00000102. The summed E-state index contributed by atoms with van der Waals surface area (Å²) in [5, 5.41) is 0.875. The summed E-state index contributed by atoms with van der Waals surface area (Å²) in [6, 6.07) is 15.7. The summed E-state index contributed by atoms with van der Waals surface area (Å²) in [5.41, 5.74) is 2.79. The van der Waals surface area contributed by atoms with E-state index in [2.05, 4.69) is 4.98 Å². The summed E-state index contributed by atoms with van der Waals surface area (Å²) >= 11 is 0. The third-order valence-electron chi connectivity index (χ3n) is 4.69. The molecular weight excluding hydrogens is 340 g/mol. The number of fused-ring (bicyclic) bond motifs is 1. The highest BCUT2D eigenvalue weighted by Gasteiger charge is 2.38. The molecule has 1 atom stereocenters. The maximum absolute atomic E-state index is 12.4. The number of hydrogen-bond donors (Lipinski definition) is 1. The van der Waals surface area contributed by atoms with Gasteiger partial charge in [0, 0.05) is 30.6 Å². The molecule has 2 heterocycles. The highest BCUT2D eigenvalue weighted by molar-refractivity contribution is 6.08. The lowest BCUT2D eigenvalue weighted by Gasteiger charge is -2.12. The Kier molecular flexibility index (Phi) is 5.60. The molecule has 140 valence electrons. The maximum Gasteiger partial charge on any atom is 0.237 e. The summed E-state index contributed by atoms with van der Waals surface area (Å²) in [6.45, 7) is 4.45. The molecule has 27 heavy (non-hydrogen) atoms. The first-order valence-electron chi connectivity index (χ1n) is 9.22. The molecule has 3 aromatic rings. The van der Waals surface area contributed by atoms with Crippen molar-refractivity contribution in [2.75, 3.05) is 7.05 Å². The van der Waals surface area contributed by atoms with E-state index in [4.69, 9.17) is 4.74 Å². The monoisotopic (exact) mass is 364 g/mol. The minimum atomic E-state index is -0.451. The number of rotatable bonds is 4. The number of benzene rings is 2. The van der Waals surface area contributed by atoms with Crippen LogP contribution in [-0.4, -0.2) is 28.7 Å². The Bertz CT molecular complexity index is 947. The number of aromatic nitrogens is 1. The van der Waals surface area contributed by atoms with Gasteiger partial charge in [-0.15, -0.1) is 0 Å². The van der Waals surface area contributed by atoms with E-state index < -0.39 is 5.92 Å². The van der Waals surface area contributed by atoms with Gasteiger partial charge < -0.3 is 9.72 Å². The molecule has 0 bridgehead atoms. The molecule has 0 radical (unpaired) electrons. The fraction of sp³-hybridized carbons (Fsp3) is 0.273. The molecular formula is C22H24N2O3. The Morgan fingerprint density at radius 3 is 2.48 bits per heavy atom. The highest BCUT2D eigenvalue weighted by atomic mass is 16.5. The Labute approximate surface area is 158 Å². The zero-order valence-corrected chi connectivity index (χ0v) is 15.9. The third-order valence-corrected chi connectivity index (χ3v) is 4.69. The minimum Gasteiger partial charge on any atom is -0.488 e. The van der Waals surface area contributed by atoms with Crippen molar-refractivity contribution in [1.82, 2.24) is 9.88 Å². The summed E-state index contributed by atoms with van der Waals surface area (Å²) in [7, 11) is 1.53. The number of nitrogens with one attached hydrogen (secondary N) is 1. The zero-order valence-electron chi connectivity index (χ0n) is 15.9. The number of ether oxygens (including phenoxy) is 1. The van der Waals surface area contributed by atoms with Crippen LogP contribution >= 0.6 is 0 Å². The van der Waals surface area contributed by atoms with E-state index in [0.29, 0.717) is 12.4 Å². The summed E-state index contributed by atoms with van der Waals surface area (Å²) in [6.07, 6.45) is 2.02. The second-order valence-electron chi connectivity index (χ2n) is 6.24. The standard InChI is InChI=1S/C20H18N2O3.C2H6/c1-22-18(23)10-14(20(22)24)15-11-21-16-8-5-9-17(19(15)16)25-12-13-6-3-2-4-7-13;1-2/h2-9,11,14,21H,10,12H2,1H3;1-2H3. The molecule has 4 rings (SSSR count). The van der Waals surface area contributed by atoms with Gasteiger partial charge in [0.05, 0.1) is 5.92 Å². The van der Waals surface area contributed by atoms with Crippen LogP contribution in [0.3, 0.4) is 0 Å². The summed E-state index contributed by atoms with van der Waals surface area (Å²) in [4.78, 5) is 28.7. The van der Waals surface area contributed by atoms with E-state index in [0.717, 1.165) is 22.0 Å². The van der Waals surface area contributed by atoms with E-state index in [1.54, 1.807) is 0 Å². The predicted molar refractivity (Wildman–Crippen MR) is 106 cm³/mol. The predicted octanol–water partition coefficient (Wildman–Crippen LogP) is 4.25. The molecule has 2 aromatic carbocycles. The van der Waals surface area contributed by atoms with Crippen LogP contribution in [-0.2, 0) is 16.2 Å². The van der Waals surface area contributed by atoms with Gasteiger partial charge in [-0.3, -0.25) is 14.5 Å². The Morgan fingerprint density at radius 1 is 1.07 bits per heavy atom. The molecule has 2 amide bonds. The molecule has 0 spiro atoms. The molecule has 1 N–H and O–H groups in total. The van der Waals surface area contributed by atoms with Crippen LogP contribution in [0.25, 0.3) is 10.9 Å². The first-order chi connectivity index (χ1) is 13.1. The second-order valence-corrected chi connectivity index (χ2v) is 6.24. The van der Waals surface area contributed by atoms with Crippen LogP contribution in [0, 0.1) is 0 Å². The lowest BCUT2D eigenvalue weighted by Crippen LogP contribution is -2.25. The lowest BCUT2D eigenvalue weighted by atomic mass is 9.96. The van der Waals surface area contributed by atoms with Crippen LogP contribution in [0.4, 0.5) is 0 Å². The van der Waals surface area contributed by atoms with Crippen LogP contribution in [0.1, 0.15) is 37.3 Å². The molecule has 1 aliphatic rings. The number of nitrogens with zero attached hydrogens (tertiary/aromatic N) is 1. The van der Waals surface area contributed by atoms with Crippen LogP contribution in [0.15, 0.2) is 54.7 Å². The van der Waals surface area contributed by atoms with Gasteiger partial charge in [-0.2, -0.15) is 0 Å². The minimum absolute atomic E-state index is 0.146. The third kappa shape index (κ3) is 3.58. The number of amides is 2. The molecule has 1 aromatic heterocycles. The fourth-order valence-electron chi connectivity index (χ4n) is 3.31. The van der Waals surface area contributed by atoms with Crippen molar-refractivity contribution in [1.29, 1.82) is 0 Å². The van der Waals surface area contributed by atoms with Crippen LogP contribution in [0.5, 0.6) is 5.75 Å². The number of likely N-dealkylation sites (tertiary alicyclic amines) is 1. The van der Waals surface area contributed by atoms with Crippen molar-refractivity contribution in [3.63, 3.8) is 0 Å². The van der Waals surface area contributed by atoms with Gasteiger partial charge in [0.25, 0.3) is 0 Å². The largest absolute Gasteiger partial charge is 0.488 e. The molecule has 1 saturated heterocycles. The number of carbonyl (C=O) groups is 2. The number of H-pyrrole nitrogens is 1. The van der Waals surface area contributed by atoms with Gasteiger partial charge >= 0.3 is 0 Å². The van der Waals surface area contributed by atoms with Gasteiger partial charge in [-0.25, -0.2) is 0 Å². The Morgan fingerprint density at radius 2 is 1.81 bits per heavy atom. The number of likely N-dealkylation sites (N-methyl/N-ethyl adjacent to an activating group) is 1. The van der Waals surface area contributed by atoms with E-state index in [-0.39, 0.29) is 18.2 Å². The van der Waals surface area contributed by atoms with Crippen molar-refractivity contribution in [2.45, 2.75) is 32.8 Å². The van der Waals surface area contributed by atoms with Crippen molar-refractivity contribution >= 4 is 22.7 Å². The van der Waals surface area contributed by atoms with Gasteiger partial charge in [0.1, 0.15) is 12.4 Å². The van der Waals surface area contributed by atoms with Crippen LogP contribution < -0.4 is 4.74 Å². The van der Waals surface area contributed by atoms with Crippen molar-refractivity contribution in [3.8, 4) is 5.75 Å². The molecule has 1 fully saturated rings. The van der Waals surface area contributed by atoms with Gasteiger partial charge in [0.2, 0.25) is 11.8 Å².